The third-order valence-electron chi connectivity index (χ3n) is 6.71. The van der Waals surface area contributed by atoms with Crippen LogP contribution in [0.2, 0.25) is 5.02 Å². The first kappa shape index (κ1) is 24.2. The first-order valence-electron chi connectivity index (χ1n) is 12.3. The summed E-state index contributed by atoms with van der Waals surface area (Å²) < 4.78 is 13.6. The number of halogens is 1. The second kappa shape index (κ2) is 10.6. The predicted octanol–water partition coefficient (Wildman–Crippen LogP) is 6.39. The van der Waals surface area contributed by atoms with E-state index in [2.05, 4.69) is 10.6 Å². The lowest BCUT2D eigenvalue weighted by atomic mass is 10.1. The Kier molecular flexibility index (Phi) is 7.14. The Morgan fingerprint density at radius 3 is 2.72 bits per heavy atom. The highest BCUT2D eigenvalue weighted by molar-refractivity contribution is 6.31. The normalized spacial score (nSPS) is 15.6. The van der Waals surface area contributed by atoms with Crippen molar-refractivity contribution < 1.29 is 14.3 Å². The number of methoxy groups -OCH3 is 1. The monoisotopic (exact) mass is 503 g/mol. The Hall–Kier alpha value is -3.51. The molecule has 0 bridgehead atoms. The van der Waals surface area contributed by atoms with E-state index in [1.165, 1.54) is 0 Å². The van der Waals surface area contributed by atoms with E-state index in [0.717, 1.165) is 64.0 Å². The number of unbranched alkanes of at least 4 members (excludes halogenated alkanes) is 1. The number of para-hydroxylation sites is 2. The molecule has 36 heavy (non-hydrogen) atoms. The highest BCUT2D eigenvalue weighted by atomic mass is 35.5. The fourth-order valence-corrected chi connectivity index (χ4v) is 4.94. The number of fused-ring (bicyclic) bond motifs is 1. The number of hydrogen-bond donors (Lipinski definition) is 0. The van der Waals surface area contributed by atoms with Crippen molar-refractivity contribution in [1.82, 2.24) is 9.55 Å². The van der Waals surface area contributed by atoms with Gasteiger partial charge in [0.2, 0.25) is 5.91 Å². The lowest BCUT2D eigenvalue weighted by molar-refractivity contribution is -0.117. The van der Waals surface area contributed by atoms with E-state index in [0.29, 0.717) is 19.6 Å². The molecule has 1 fully saturated rings. The largest absolute Gasteiger partial charge is 0.497 e. The van der Waals surface area contributed by atoms with Crippen molar-refractivity contribution in [1.29, 1.82) is 0 Å². The molecular weight excluding hydrogens is 474 g/mol. The number of nitrogens with zero attached hydrogens (tertiary/aromatic N) is 3. The number of aryl methyl sites for hydroxylation is 2. The number of anilines is 1. The topological polar surface area (TPSA) is 56.6 Å². The molecule has 5 rings (SSSR count). The molecule has 0 aliphatic carbocycles. The lowest BCUT2D eigenvalue weighted by Gasteiger charge is -2.18. The van der Waals surface area contributed by atoms with Crippen LogP contribution in [0, 0.1) is 6.92 Å². The quantitative estimate of drug-likeness (QED) is 0.248. The fraction of sp³-hybridized carbons (Fsp3) is 0.310. The lowest BCUT2D eigenvalue weighted by Crippen LogP contribution is -2.24. The van der Waals surface area contributed by atoms with Gasteiger partial charge >= 0.3 is 0 Å². The molecule has 0 saturated carbocycles. The highest BCUT2D eigenvalue weighted by Gasteiger charge is 2.35. The molecule has 1 unspecified atom stereocenters. The molecule has 1 saturated heterocycles. The van der Waals surface area contributed by atoms with Gasteiger partial charge in [0.1, 0.15) is 17.3 Å². The summed E-state index contributed by atoms with van der Waals surface area (Å²) >= 11 is 6.11. The Balaban J connectivity index is 1.29. The minimum Gasteiger partial charge on any atom is -0.497 e. The van der Waals surface area contributed by atoms with Crippen molar-refractivity contribution >= 4 is 34.2 Å². The molecular formula is C29H30ClN3O3. The number of imidazole rings is 1. The summed E-state index contributed by atoms with van der Waals surface area (Å²) in [6.07, 6.45) is 2.30. The minimum atomic E-state index is 0.0318. The van der Waals surface area contributed by atoms with Gasteiger partial charge in [0, 0.05) is 42.2 Å². The maximum Gasteiger partial charge on any atom is 0.227 e. The van der Waals surface area contributed by atoms with E-state index in [9.17, 15) is 4.79 Å². The van der Waals surface area contributed by atoms with Crippen LogP contribution >= 0.6 is 11.6 Å². The van der Waals surface area contributed by atoms with Gasteiger partial charge in [0.25, 0.3) is 0 Å². The van der Waals surface area contributed by atoms with E-state index in [-0.39, 0.29) is 11.8 Å². The van der Waals surface area contributed by atoms with E-state index >= 15 is 0 Å². The van der Waals surface area contributed by atoms with Crippen LogP contribution in [-0.4, -0.2) is 35.7 Å². The summed E-state index contributed by atoms with van der Waals surface area (Å²) in [5.41, 5.74) is 3.94. The maximum absolute atomic E-state index is 13.0. The van der Waals surface area contributed by atoms with Crippen molar-refractivity contribution in [2.45, 2.75) is 38.6 Å². The summed E-state index contributed by atoms with van der Waals surface area (Å²) in [4.78, 5) is 19.8. The summed E-state index contributed by atoms with van der Waals surface area (Å²) in [5, 5.41) is 0.747. The van der Waals surface area contributed by atoms with E-state index < -0.39 is 0 Å². The SMILES string of the molecule is COc1cccc(N2CC(c3nc4ccccc4n3CCCCOc3ccc(Cl)c(C)c3)CC2=O)c1. The van der Waals surface area contributed by atoms with Crippen LogP contribution in [0.4, 0.5) is 5.69 Å². The Bertz CT molecular complexity index is 1380. The van der Waals surface area contributed by atoms with Gasteiger partial charge in [-0.3, -0.25) is 4.79 Å². The van der Waals surface area contributed by atoms with Gasteiger partial charge in [0.05, 0.1) is 24.8 Å². The van der Waals surface area contributed by atoms with Gasteiger partial charge in [-0.2, -0.15) is 0 Å². The molecule has 186 valence electrons. The molecule has 2 heterocycles. The number of benzene rings is 3. The second-order valence-corrected chi connectivity index (χ2v) is 9.59. The van der Waals surface area contributed by atoms with Crippen molar-refractivity contribution in [3.63, 3.8) is 0 Å². The van der Waals surface area contributed by atoms with Crippen LogP contribution in [0.3, 0.4) is 0 Å². The molecule has 0 N–H and O–H groups in total. The van der Waals surface area contributed by atoms with Gasteiger partial charge in [-0.15, -0.1) is 0 Å². The van der Waals surface area contributed by atoms with Crippen LogP contribution in [0.1, 0.15) is 36.6 Å². The third kappa shape index (κ3) is 5.05. The fourth-order valence-electron chi connectivity index (χ4n) is 4.82. The highest BCUT2D eigenvalue weighted by Crippen LogP contribution is 2.34. The van der Waals surface area contributed by atoms with Crippen molar-refractivity contribution in [2.24, 2.45) is 0 Å². The zero-order chi connectivity index (χ0) is 25.1. The van der Waals surface area contributed by atoms with Crippen molar-refractivity contribution in [3.05, 3.63) is 83.1 Å². The molecule has 1 aromatic heterocycles. The standard InChI is InChI=1S/C29H30ClN3O3/c1-20-16-24(12-13-25(20)30)36-15-6-5-14-32-27-11-4-3-10-26(27)31-29(32)21-17-28(34)33(19-21)22-8-7-9-23(18-22)35-2/h3-4,7-13,16,18,21H,5-6,14-15,17,19H2,1-2H3. The summed E-state index contributed by atoms with van der Waals surface area (Å²) in [5.74, 6) is 2.70. The Labute approximate surface area is 216 Å². The van der Waals surface area contributed by atoms with Crippen molar-refractivity contribution in [2.75, 3.05) is 25.2 Å². The number of aromatic nitrogens is 2. The molecule has 4 aromatic rings. The minimum absolute atomic E-state index is 0.0318. The Morgan fingerprint density at radius 2 is 1.89 bits per heavy atom. The van der Waals surface area contributed by atoms with E-state index in [4.69, 9.17) is 26.1 Å². The van der Waals surface area contributed by atoms with Crippen LogP contribution in [0.5, 0.6) is 11.5 Å². The first-order valence-corrected chi connectivity index (χ1v) is 12.7. The molecule has 6 nitrogen and oxygen atoms in total. The summed E-state index contributed by atoms with van der Waals surface area (Å²) in [6.45, 7) is 4.04. The summed E-state index contributed by atoms with van der Waals surface area (Å²) in [7, 11) is 1.64. The molecule has 0 spiro atoms. The molecule has 1 amide bonds. The molecule has 3 aromatic carbocycles. The molecule has 0 radical (unpaired) electrons. The molecule has 1 atom stereocenters. The second-order valence-electron chi connectivity index (χ2n) is 9.18. The van der Waals surface area contributed by atoms with Gasteiger partial charge < -0.3 is 18.9 Å². The average Bonchev–Trinajstić information content (AvgIpc) is 3.46. The number of hydrogen-bond acceptors (Lipinski definition) is 4. The number of ether oxygens (including phenoxy) is 2. The first-order chi connectivity index (χ1) is 17.5. The third-order valence-corrected chi connectivity index (χ3v) is 7.14. The van der Waals surface area contributed by atoms with Crippen molar-refractivity contribution in [3.8, 4) is 11.5 Å². The van der Waals surface area contributed by atoms with Crippen LogP contribution in [0.25, 0.3) is 11.0 Å². The van der Waals surface area contributed by atoms with Crippen LogP contribution < -0.4 is 14.4 Å². The van der Waals surface area contributed by atoms with Gasteiger partial charge in [0.15, 0.2) is 0 Å². The number of carbonyl (C=O) groups is 1. The molecule has 1 aliphatic heterocycles. The number of amides is 1. The number of rotatable bonds is 9. The molecule has 7 heteroatoms. The van der Waals surface area contributed by atoms with Gasteiger partial charge in [-0.1, -0.05) is 29.8 Å². The van der Waals surface area contributed by atoms with Crippen LogP contribution in [0.15, 0.2) is 66.7 Å². The summed E-state index contributed by atoms with van der Waals surface area (Å²) in [6, 6.07) is 21.6. The van der Waals surface area contributed by atoms with E-state index in [1.54, 1.807) is 7.11 Å². The van der Waals surface area contributed by atoms with Gasteiger partial charge in [-0.25, -0.2) is 4.98 Å². The van der Waals surface area contributed by atoms with Crippen LogP contribution in [-0.2, 0) is 11.3 Å². The number of carbonyl (C=O) groups excluding carboxylic acids is 1. The smallest absolute Gasteiger partial charge is 0.227 e. The average molecular weight is 504 g/mol. The maximum atomic E-state index is 13.0. The van der Waals surface area contributed by atoms with E-state index in [1.807, 2.05) is 72.5 Å². The predicted molar refractivity (Wildman–Crippen MR) is 143 cm³/mol. The van der Waals surface area contributed by atoms with Gasteiger partial charge in [-0.05, 0) is 67.8 Å². The zero-order valence-corrected chi connectivity index (χ0v) is 21.4. The Morgan fingerprint density at radius 1 is 1.03 bits per heavy atom. The molecule has 1 aliphatic rings. The zero-order valence-electron chi connectivity index (χ0n) is 20.6.